The molecular formula is C21H19FO4. The van der Waals surface area contributed by atoms with Gasteiger partial charge in [0.2, 0.25) is 0 Å². The molecule has 0 spiro atoms. The van der Waals surface area contributed by atoms with Crippen LogP contribution in [0, 0.1) is 5.82 Å². The van der Waals surface area contributed by atoms with Crippen LogP contribution in [0.15, 0.2) is 60.7 Å². The van der Waals surface area contributed by atoms with Crippen LogP contribution in [-0.2, 0) is 9.53 Å². The largest absolute Gasteiger partial charge is 0.489 e. The van der Waals surface area contributed by atoms with Crippen molar-refractivity contribution in [3.8, 4) is 5.75 Å². The molecular weight excluding hydrogens is 335 g/mol. The molecule has 1 N–H and O–H groups in total. The smallest absolute Gasteiger partial charge is 0.333 e. The van der Waals surface area contributed by atoms with Gasteiger partial charge in [-0.3, -0.25) is 0 Å². The first-order chi connectivity index (χ1) is 12.5. The maximum atomic E-state index is 13.6. The Morgan fingerprint density at radius 1 is 1.12 bits per heavy atom. The van der Waals surface area contributed by atoms with Crippen molar-refractivity contribution < 1.29 is 23.8 Å². The monoisotopic (exact) mass is 354 g/mol. The molecule has 134 valence electrons. The summed E-state index contributed by atoms with van der Waals surface area (Å²) < 4.78 is 24.4. The minimum atomic E-state index is -0.993. The van der Waals surface area contributed by atoms with E-state index < -0.39 is 12.1 Å². The Labute approximate surface area is 150 Å². The highest BCUT2D eigenvalue weighted by Crippen LogP contribution is 2.35. The third kappa shape index (κ3) is 3.83. The van der Waals surface area contributed by atoms with Gasteiger partial charge in [-0.25, -0.2) is 9.18 Å². The van der Waals surface area contributed by atoms with E-state index in [1.165, 1.54) is 19.1 Å². The fourth-order valence-corrected chi connectivity index (χ4v) is 2.68. The number of fused-ring (bicyclic) bond motifs is 2. The van der Waals surface area contributed by atoms with Crippen LogP contribution in [0.3, 0.4) is 0 Å². The van der Waals surface area contributed by atoms with Gasteiger partial charge in [-0.1, -0.05) is 30.8 Å². The summed E-state index contributed by atoms with van der Waals surface area (Å²) in [6, 6.07) is 14.0. The topological polar surface area (TPSA) is 55.8 Å². The number of carbonyl (C=O) groups excluding carboxylic acids is 1. The number of esters is 1. The van der Waals surface area contributed by atoms with Crippen LogP contribution >= 0.6 is 0 Å². The molecule has 1 atom stereocenters. The molecule has 0 aliphatic rings. The highest BCUT2D eigenvalue weighted by atomic mass is 19.1. The molecule has 0 fully saturated rings. The van der Waals surface area contributed by atoms with Gasteiger partial charge in [0, 0.05) is 16.3 Å². The second-order valence-corrected chi connectivity index (χ2v) is 6.14. The van der Waals surface area contributed by atoms with E-state index in [1.54, 1.807) is 6.07 Å². The fraction of sp³-hybridized carbons (Fsp3) is 0.190. The molecule has 0 bridgehead atoms. The van der Waals surface area contributed by atoms with Crippen LogP contribution in [0.4, 0.5) is 4.39 Å². The van der Waals surface area contributed by atoms with Crippen LogP contribution in [0.5, 0.6) is 5.75 Å². The quantitative estimate of drug-likeness (QED) is 0.413. The van der Waals surface area contributed by atoms with E-state index in [9.17, 15) is 14.3 Å². The lowest BCUT2D eigenvalue weighted by atomic mass is 10.0. The number of rotatable bonds is 6. The molecule has 0 aliphatic heterocycles. The van der Waals surface area contributed by atoms with E-state index in [1.807, 2.05) is 30.3 Å². The van der Waals surface area contributed by atoms with E-state index in [2.05, 4.69) is 6.58 Å². The normalized spacial score (nSPS) is 12.1. The summed E-state index contributed by atoms with van der Waals surface area (Å²) in [5, 5.41) is 13.3. The molecule has 3 aromatic rings. The maximum Gasteiger partial charge on any atom is 0.333 e. The van der Waals surface area contributed by atoms with Crippen molar-refractivity contribution in [1.29, 1.82) is 0 Å². The summed E-state index contributed by atoms with van der Waals surface area (Å²) >= 11 is 0. The molecule has 0 saturated heterocycles. The van der Waals surface area contributed by atoms with Gasteiger partial charge < -0.3 is 14.6 Å². The number of hydrogen-bond donors (Lipinski definition) is 1. The molecule has 0 heterocycles. The maximum absolute atomic E-state index is 13.6. The summed E-state index contributed by atoms with van der Waals surface area (Å²) in [6.45, 7) is 4.76. The minimum absolute atomic E-state index is 0.0655. The summed E-state index contributed by atoms with van der Waals surface area (Å²) in [5.74, 6) is -0.330. The number of ether oxygens (including phenoxy) is 2. The van der Waals surface area contributed by atoms with Gasteiger partial charge in [-0.15, -0.1) is 0 Å². The predicted molar refractivity (Wildman–Crippen MR) is 98.7 cm³/mol. The van der Waals surface area contributed by atoms with E-state index in [0.29, 0.717) is 11.1 Å². The molecule has 0 amide bonds. The standard InChI is InChI=1S/C21H19FO4/c1-13(2)21(24)26-12-17(23)11-25-20-18-6-4-3-5-14(18)9-15-10-16(22)7-8-19(15)20/h3-10,17,23H,1,11-12H2,2H3. The number of aliphatic hydroxyl groups excluding tert-OH is 1. The molecule has 3 rings (SSSR count). The van der Waals surface area contributed by atoms with Crippen LogP contribution in [0.2, 0.25) is 0 Å². The van der Waals surface area contributed by atoms with Gasteiger partial charge >= 0.3 is 5.97 Å². The van der Waals surface area contributed by atoms with Crippen LogP contribution < -0.4 is 4.74 Å². The van der Waals surface area contributed by atoms with Gasteiger partial charge in [0.05, 0.1) is 0 Å². The Balaban J connectivity index is 1.86. The summed E-state index contributed by atoms with van der Waals surface area (Å²) in [6.07, 6.45) is -0.993. The van der Waals surface area contributed by atoms with Crippen molar-refractivity contribution in [3.05, 3.63) is 66.5 Å². The van der Waals surface area contributed by atoms with E-state index in [4.69, 9.17) is 9.47 Å². The Hall–Kier alpha value is -2.92. The summed E-state index contributed by atoms with van der Waals surface area (Å²) in [4.78, 5) is 11.4. The van der Waals surface area contributed by atoms with Gasteiger partial charge in [-0.05, 0) is 42.0 Å². The number of carbonyl (C=O) groups is 1. The van der Waals surface area contributed by atoms with Crippen LogP contribution in [0.25, 0.3) is 21.5 Å². The minimum Gasteiger partial charge on any atom is -0.489 e. The Morgan fingerprint density at radius 3 is 2.62 bits per heavy atom. The SMILES string of the molecule is C=C(C)C(=O)OCC(O)COc1c2ccccc2cc2cc(F)ccc12. The molecule has 26 heavy (non-hydrogen) atoms. The zero-order valence-corrected chi connectivity index (χ0v) is 14.4. The molecule has 0 saturated carbocycles. The number of aliphatic hydroxyl groups is 1. The Bertz CT molecular complexity index is 980. The summed E-state index contributed by atoms with van der Waals surface area (Å²) in [7, 11) is 0. The fourth-order valence-electron chi connectivity index (χ4n) is 2.68. The molecule has 0 aliphatic carbocycles. The van der Waals surface area contributed by atoms with Crippen LogP contribution in [0.1, 0.15) is 6.92 Å². The Morgan fingerprint density at radius 2 is 1.85 bits per heavy atom. The van der Waals surface area contributed by atoms with Gasteiger partial charge in [0.25, 0.3) is 0 Å². The number of benzene rings is 3. The van der Waals surface area contributed by atoms with Crippen molar-refractivity contribution >= 4 is 27.5 Å². The van der Waals surface area contributed by atoms with Gasteiger partial charge in [-0.2, -0.15) is 0 Å². The van der Waals surface area contributed by atoms with Crippen molar-refractivity contribution in [1.82, 2.24) is 0 Å². The third-order valence-electron chi connectivity index (χ3n) is 3.95. The van der Waals surface area contributed by atoms with Gasteiger partial charge in [0.15, 0.2) is 0 Å². The second-order valence-electron chi connectivity index (χ2n) is 6.14. The average molecular weight is 354 g/mol. The Kier molecular flexibility index (Phi) is 5.19. The van der Waals surface area contributed by atoms with Crippen molar-refractivity contribution in [3.63, 3.8) is 0 Å². The summed E-state index contributed by atoms with van der Waals surface area (Å²) in [5.41, 5.74) is 0.264. The molecule has 4 nitrogen and oxygen atoms in total. The van der Waals surface area contributed by atoms with Crippen molar-refractivity contribution in [2.75, 3.05) is 13.2 Å². The zero-order chi connectivity index (χ0) is 18.7. The zero-order valence-electron chi connectivity index (χ0n) is 14.4. The molecule has 5 heteroatoms. The number of hydrogen-bond acceptors (Lipinski definition) is 4. The first-order valence-corrected chi connectivity index (χ1v) is 8.20. The van der Waals surface area contributed by atoms with E-state index in [-0.39, 0.29) is 24.6 Å². The average Bonchev–Trinajstić information content (AvgIpc) is 2.62. The lowest BCUT2D eigenvalue weighted by Crippen LogP contribution is -2.25. The van der Waals surface area contributed by atoms with Crippen molar-refractivity contribution in [2.45, 2.75) is 13.0 Å². The van der Waals surface area contributed by atoms with Crippen LogP contribution in [-0.4, -0.2) is 30.4 Å². The van der Waals surface area contributed by atoms with E-state index >= 15 is 0 Å². The first-order valence-electron chi connectivity index (χ1n) is 8.20. The molecule has 1 unspecified atom stereocenters. The molecule has 0 aromatic heterocycles. The van der Waals surface area contributed by atoms with Gasteiger partial charge in [0.1, 0.15) is 30.9 Å². The first kappa shape index (κ1) is 17.9. The lowest BCUT2D eigenvalue weighted by molar-refractivity contribution is -0.142. The lowest BCUT2D eigenvalue weighted by Gasteiger charge is -2.16. The second kappa shape index (κ2) is 7.54. The molecule has 0 radical (unpaired) electrons. The van der Waals surface area contributed by atoms with E-state index in [0.717, 1.165) is 16.2 Å². The predicted octanol–water partition coefficient (Wildman–Crippen LogP) is 3.99. The highest BCUT2D eigenvalue weighted by molar-refractivity contribution is 6.05. The third-order valence-corrected chi connectivity index (χ3v) is 3.95. The highest BCUT2D eigenvalue weighted by Gasteiger charge is 2.14. The number of halogens is 1. The molecule has 3 aromatic carbocycles. The van der Waals surface area contributed by atoms with Crippen molar-refractivity contribution in [2.24, 2.45) is 0 Å².